The normalized spacial score (nSPS) is 14.4. The van der Waals surface area contributed by atoms with Gasteiger partial charge in [0.05, 0.1) is 41.4 Å². The van der Waals surface area contributed by atoms with Gasteiger partial charge in [-0.3, -0.25) is 4.90 Å². The largest absolute Gasteiger partial charge is 0.445 e. The fourth-order valence-corrected chi connectivity index (χ4v) is 15.7. The van der Waals surface area contributed by atoms with Crippen LogP contribution in [0.15, 0.2) is 91.0 Å². The Bertz CT molecular complexity index is 2810. The molecule has 0 radical (unpaired) electrons. The minimum Gasteiger partial charge on any atom is -0.445 e. The number of amides is 6. The monoisotopic (exact) mass is 1520 g/mol. The molecule has 17 heteroatoms. The van der Waals surface area contributed by atoms with Gasteiger partial charge in [0.15, 0.2) is 12.2 Å². The Kier molecular flexibility index (Phi) is 53.6. The van der Waals surface area contributed by atoms with Crippen molar-refractivity contribution >= 4 is 36.0 Å². The maximum Gasteiger partial charge on any atom is 0.407 e. The zero-order chi connectivity index (χ0) is 79.6. The topological polar surface area (TPSA) is 190 Å². The smallest absolute Gasteiger partial charge is 0.407 e. The SMILES string of the molecule is CCCCCCCCCCCCCCCCCCNC(=O)OC(C)CN(CC[N+](CC[N+](CC(C)OC(=O)NCCCCCCCC)(C(=O)c1ccccc1)C(C)C)(CC[N+](CC(C)OC(=O)NCCCCCCCCCCCCCCCCCC)(C(=O)c1ccccc1)C(C)C)C(=O)c1ccccc1)CC(C)O. The van der Waals surface area contributed by atoms with Crippen molar-refractivity contribution in [2.75, 3.05) is 85.1 Å². The summed E-state index contributed by atoms with van der Waals surface area (Å²) in [7, 11) is 0. The number of nitrogens with one attached hydrogen (secondary N) is 3. The van der Waals surface area contributed by atoms with E-state index in [1.165, 1.54) is 173 Å². The van der Waals surface area contributed by atoms with Crippen molar-refractivity contribution in [2.24, 2.45) is 0 Å². The molecule has 3 rings (SSSR count). The molecule has 7 unspecified atom stereocenters. The van der Waals surface area contributed by atoms with Gasteiger partial charge < -0.3 is 35.3 Å². The molecule has 7 atom stereocenters. The number of unbranched alkanes of at least 4 members (excludes halogenated alkanes) is 35. The summed E-state index contributed by atoms with van der Waals surface area (Å²) in [6.45, 7) is 24.8. The molecule has 3 aromatic carbocycles. The van der Waals surface area contributed by atoms with Gasteiger partial charge in [-0.05, 0) is 111 Å². The van der Waals surface area contributed by atoms with E-state index >= 15 is 14.4 Å². The summed E-state index contributed by atoms with van der Waals surface area (Å²) < 4.78 is 17.8. The molecule has 109 heavy (non-hydrogen) atoms. The number of rotatable bonds is 66. The van der Waals surface area contributed by atoms with Gasteiger partial charge in [-0.25, -0.2) is 42.2 Å². The summed E-state index contributed by atoms with van der Waals surface area (Å²) in [5, 5.41) is 20.2. The maximum atomic E-state index is 16.5. The van der Waals surface area contributed by atoms with Gasteiger partial charge in [0, 0.05) is 39.3 Å². The van der Waals surface area contributed by atoms with E-state index < -0.39 is 54.8 Å². The molecule has 620 valence electrons. The number of benzene rings is 3. The van der Waals surface area contributed by atoms with E-state index in [0.29, 0.717) is 36.3 Å². The summed E-state index contributed by atoms with van der Waals surface area (Å²) in [4.78, 5) is 91.3. The second kappa shape index (κ2) is 60.0. The Morgan fingerprint density at radius 1 is 0.330 bits per heavy atom. The van der Waals surface area contributed by atoms with Crippen LogP contribution < -0.4 is 16.0 Å². The van der Waals surface area contributed by atoms with E-state index in [9.17, 15) is 19.5 Å². The van der Waals surface area contributed by atoms with Crippen molar-refractivity contribution in [3.8, 4) is 0 Å². The van der Waals surface area contributed by atoms with E-state index in [2.05, 4.69) is 36.7 Å². The quantitative estimate of drug-likeness (QED) is 0.0239. The number of ether oxygens (including phenoxy) is 3. The summed E-state index contributed by atoms with van der Waals surface area (Å²) in [6.07, 6.45) is 42.3. The number of aliphatic hydroxyl groups excluding tert-OH is 1. The van der Waals surface area contributed by atoms with E-state index in [1.807, 2.05) is 132 Å². The highest BCUT2D eigenvalue weighted by molar-refractivity contribution is 5.90. The fourth-order valence-electron chi connectivity index (χ4n) is 15.7. The maximum absolute atomic E-state index is 16.5. The van der Waals surface area contributed by atoms with Gasteiger partial charge in [-0.15, -0.1) is 0 Å². The molecule has 6 amide bonds. The second-order valence-corrected chi connectivity index (χ2v) is 32.8. The van der Waals surface area contributed by atoms with E-state index in [-0.39, 0.29) is 96.6 Å². The van der Waals surface area contributed by atoms with Crippen LogP contribution in [-0.4, -0.2) is 181 Å². The van der Waals surface area contributed by atoms with Crippen LogP contribution >= 0.6 is 0 Å². The molecule has 0 bridgehead atoms. The first kappa shape index (κ1) is 97.5. The fraction of sp³-hybridized carbons (Fsp3) is 0.739. The van der Waals surface area contributed by atoms with Crippen LogP contribution in [0, 0.1) is 0 Å². The van der Waals surface area contributed by atoms with Crippen LogP contribution in [0.25, 0.3) is 0 Å². The molecule has 0 saturated heterocycles. The lowest BCUT2D eigenvalue weighted by atomic mass is 10.0. The lowest BCUT2D eigenvalue weighted by Gasteiger charge is -2.46. The number of carbonyl (C=O) groups excluding carboxylic acids is 6. The van der Waals surface area contributed by atoms with Crippen molar-refractivity contribution in [3.05, 3.63) is 108 Å². The van der Waals surface area contributed by atoms with Crippen LogP contribution in [0.3, 0.4) is 0 Å². The molecular weight excluding hydrogens is 1360 g/mol. The third kappa shape index (κ3) is 41.6. The predicted octanol–water partition coefficient (Wildman–Crippen LogP) is 21.7. The summed E-state index contributed by atoms with van der Waals surface area (Å²) in [5.41, 5.74) is 1.39. The van der Waals surface area contributed by atoms with Gasteiger partial charge in [0.25, 0.3) is 0 Å². The van der Waals surface area contributed by atoms with Gasteiger partial charge in [0.1, 0.15) is 45.4 Å². The van der Waals surface area contributed by atoms with Crippen LogP contribution in [0.2, 0.25) is 0 Å². The first-order chi connectivity index (χ1) is 52.7. The molecule has 0 aliphatic rings. The van der Waals surface area contributed by atoms with Gasteiger partial charge in [-0.2, -0.15) is 0 Å². The first-order valence-electron chi connectivity index (χ1n) is 44.3. The minimum atomic E-state index is -0.803. The summed E-state index contributed by atoms with van der Waals surface area (Å²) in [6, 6.07) is 26.7. The standard InChI is InChI=1S/C92H157N7O10/c1-12-15-18-21-24-26-28-30-32-34-36-38-40-42-45-57-65-93-90(104)107-81(9)75-96(74-80(8)100)68-69-97(87(101)84-59-50-47-51-60-84,70-72-98(78(4)5,88(102)85-61-52-48-53-62-85)76-82(10)108-91(105)94-66-56-44-23-20-17-14-3)71-73-99(79(6)7,89(103)86-63-54-49-55-64-86)77-83(11)109-92(106)95-67-58-46-43-41-39-37-35-33-31-29-27-25-22-19-16-13-2/h47-55,59-64,78-83,100H,12-46,56-58,65-77H2,1-11H3/p+3. The molecular formula is C92H160N7O10+3. The average molecular weight is 1520 g/mol. The predicted molar refractivity (Wildman–Crippen MR) is 450 cm³/mol. The molecule has 0 saturated carbocycles. The number of hydrogen-bond donors (Lipinski definition) is 4. The molecule has 0 aliphatic carbocycles. The molecule has 4 N–H and O–H groups in total. The number of quaternary nitrogens is 3. The zero-order valence-electron chi connectivity index (χ0n) is 71.1. The van der Waals surface area contributed by atoms with Crippen molar-refractivity contribution in [3.63, 3.8) is 0 Å². The van der Waals surface area contributed by atoms with Gasteiger partial charge in [-0.1, -0.05) is 300 Å². The molecule has 0 aliphatic heterocycles. The lowest BCUT2D eigenvalue weighted by Crippen LogP contribution is -2.69. The number of nitrogens with zero attached hydrogens (tertiary/aromatic N) is 4. The molecule has 0 heterocycles. The van der Waals surface area contributed by atoms with Crippen molar-refractivity contribution < 1.29 is 61.5 Å². The number of carbonyl (C=O) groups is 6. The molecule has 0 aromatic heterocycles. The van der Waals surface area contributed by atoms with Crippen LogP contribution in [-0.2, 0) is 14.2 Å². The Hall–Kier alpha value is -5.72. The Labute approximate surface area is 664 Å². The molecule has 17 nitrogen and oxygen atoms in total. The van der Waals surface area contributed by atoms with Crippen LogP contribution in [0.5, 0.6) is 0 Å². The van der Waals surface area contributed by atoms with Crippen molar-refractivity contribution in [1.82, 2.24) is 20.9 Å². The highest BCUT2D eigenvalue weighted by Crippen LogP contribution is 2.30. The first-order valence-corrected chi connectivity index (χ1v) is 44.3. The molecule has 0 spiro atoms. The number of aliphatic hydroxyl groups is 1. The van der Waals surface area contributed by atoms with E-state index in [1.54, 1.807) is 19.1 Å². The molecule has 0 fully saturated rings. The minimum absolute atomic E-state index is 0.0865. The highest BCUT2D eigenvalue weighted by atomic mass is 16.6. The van der Waals surface area contributed by atoms with E-state index in [4.69, 9.17) is 14.2 Å². The van der Waals surface area contributed by atoms with Crippen molar-refractivity contribution in [2.45, 2.75) is 357 Å². The van der Waals surface area contributed by atoms with Crippen LogP contribution in [0.1, 0.15) is 351 Å². The Morgan fingerprint density at radius 2 is 0.587 bits per heavy atom. The van der Waals surface area contributed by atoms with Crippen LogP contribution in [0.4, 0.5) is 14.4 Å². The summed E-state index contributed by atoms with van der Waals surface area (Å²) >= 11 is 0. The highest BCUT2D eigenvalue weighted by Gasteiger charge is 2.51. The lowest BCUT2D eigenvalue weighted by molar-refractivity contribution is -0.939. The third-order valence-corrected chi connectivity index (χ3v) is 22.5. The van der Waals surface area contributed by atoms with Crippen molar-refractivity contribution in [1.29, 1.82) is 0 Å². The average Bonchev–Trinajstić information content (AvgIpc) is 0.750. The number of hydrogen-bond acceptors (Lipinski definition) is 11. The zero-order valence-corrected chi connectivity index (χ0v) is 71.1. The van der Waals surface area contributed by atoms with Gasteiger partial charge in [0.2, 0.25) is 0 Å². The third-order valence-electron chi connectivity index (χ3n) is 22.5. The second-order valence-electron chi connectivity index (χ2n) is 32.8. The van der Waals surface area contributed by atoms with E-state index in [0.717, 1.165) is 70.6 Å². The Morgan fingerprint density at radius 3 is 0.853 bits per heavy atom. The van der Waals surface area contributed by atoms with Gasteiger partial charge >= 0.3 is 36.0 Å². The molecule has 3 aromatic rings. The Balaban J connectivity index is 2.01. The number of alkyl carbamates (subject to hydrolysis) is 3. The summed E-state index contributed by atoms with van der Waals surface area (Å²) in [5.74, 6) is -0.606.